The third kappa shape index (κ3) is 3.79. The molecule has 3 heterocycles. The summed E-state index contributed by atoms with van der Waals surface area (Å²) in [6, 6.07) is 11.7. The van der Waals surface area contributed by atoms with Crippen molar-refractivity contribution < 1.29 is 12.9 Å². The maximum Gasteiger partial charge on any atom is 0.188 e. The van der Waals surface area contributed by atoms with Gasteiger partial charge in [-0.1, -0.05) is 17.3 Å². The SMILES string of the molecule is CC(C)S(=O)(=O)c1ccc(-c2cn[c]c(-c3cc(-c4ccc(N)cn4)no3)n2)cc1. The van der Waals surface area contributed by atoms with Gasteiger partial charge in [0.1, 0.15) is 17.6 Å². The van der Waals surface area contributed by atoms with E-state index in [9.17, 15) is 8.42 Å². The van der Waals surface area contributed by atoms with E-state index in [4.69, 9.17) is 10.3 Å². The van der Waals surface area contributed by atoms with Crippen molar-refractivity contribution in [2.75, 3.05) is 5.73 Å². The summed E-state index contributed by atoms with van der Waals surface area (Å²) in [4.78, 5) is 13.1. The fourth-order valence-corrected chi connectivity index (χ4v) is 3.79. The van der Waals surface area contributed by atoms with E-state index in [0.717, 1.165) is 5.56 Å². The van der Waals surface area contributed by atoms with Gasteiger partial charge < -0.3 is 10.3 Å². The molecule has 0 amide bonds. The normalized spacial score (nSPS) is 11.7. The molecule has 2 N–H and O–H groups in total. The summed E-state index contributed by atoms with van der Waals surface area (Å²) in [5.74, 6) is 0.386. The Morgan fingerprint density at radius 1 is 1.00 bits per heavy atom. The molecule has 0 bridgehead atoms. The Labute approximate surface area is 173 Å². The van der Waals surface area contributed by atoms with Crippen molar-refractivity contribution in [3.05, 3.63) is 61.1 Å². The molecule has 0 saturated heterocycles. The molecule has 3 aromatic heterocycles. The lowest BCUT2D eigenvalue weighted by Gasteiger charge is -2.08. The van der Waals surface area contributed by atoms with Crippen molar-refractivity contribution in [3.8, 4) is 34.1 Å². The molecule has 0 aliphatic heterocycles. The van der Waals surface area contributed by atoms with Crippen LogP contribution in [0.4, 0.5) is 5.69 Å². The average Bonchev–Trinajstić information content (AvgIpc) is 3.25. The Morgan fingerprint density at radius 3 is 2.43 bits per heavy atom. The Bertz CT molecular complexity index is 1280. The van der Waals surface area contributed by atoms with Crippen LogP contribution in [0, 0.1) is 6.20 Å². The van der Waals surface area contributed by atoms with Gasteiger partial charge in [0, 0.05) is 11.6 Å². The van der Waals surface area contributed by atoms with Gasteiger partial charge >= 0.3 is 0 Å². The molecule has 0 atom stereocenters. The minimum absolute atomic E-state index is 0.271. The number of nitrogens with zero attached hydrogens (tertiary/aromatic N) is 4. The zero-order valence-corrected chi connectivity index (χ0v) is 17.1. The molecule has 0 aliphatic carbocycles. The van der Waals surface area contributed by atoms with Crippen molar-refractivity contribution >= 4 is 15.5 Å². The highest BCUT2D eigenvalue weighted by atomic mass is 32.2. The quantitative estimate of drug-likeness (QED) is 0.521. The van der Waals surface area contributed by atoms with E-state index in [1.54, 1.807) is 68.7 Å². The number of hydrogen-bond acceptors (Lipinski definition) is 8. The molecule has 30 heavy (non-hydrogen) atoms. The van der Waals surface area contributed by atoms with Gasteiger partial charge in [-0.05, 0) is 38.1 Å². The molecule has 0 spiro atoms. The standard InChI is InChI=1S/C21H18N5O3S/c1-13(2)30(27,28)16-6-3-14(4-7-16)19-11-23-12-20(25-19)21-9-18(26-29-21)17-8-5-15(22)10-24-17/h3-11,13H,22H2,1-2H3. The first-order chi connectivity index (χ1) is 14.3. The molecule has 1 radical (unpaired) electrons. The largest absolute Gasteiger partial charge is 0.397 e. The smallest absolute Gasteiger partial charge is 0.188 e. The summed E-state index contributed by atoms with van der Waals surface area (Å²) >= 11 is 0. The third-order valence-corrected chi connectivity index (χ3v) is 6.65. The van der Waals surface area contributed by atoms with Gasteiger partial charge in [0.05, 0.1) is 39.6 Å². The van der Waals surface area contributed by atoms with E-state index in [1.165, 1.54) is 0 Å². The van der Waals surface area contributed by atoms with Crippen molar-refractivity contribution in [2.24, 2.45) is 0 Å². The van der Waals surface area contributed by atoms with E-state index in [1.807, 2.05) is 0 Å². The summed E-state index contributed by atoms with van der Waals surface area (Å²) in [6.45, 7) is 3.30. The first kappa shape index (κ1) is 19.7. The number of nitrogen functional groups attached to an aromatic ring is 1. The number of benzene rings is 1. The summed E-state index contributed by atoms with van der Waals surface area (Å²) in [6.07, 6.45) is 5.88. The first-order valence-corrected chi connectivity index (χ1v) is 10.7. The molecule has 0 aliphatic rings. The van der Waals surface area contributed by atoms with E-state index in [-0.39, 0.29) is 4.90 Å². The molecular weight excluding hydrogens is 402 g/mol. The fraction of sp³-hybridized carbons (Fsp3) is 0.143. The van der Waals surface area contributed by atoms with Gasteiger partial charge in [-0.3, -0.25) is 4.98 Å². The third-order valence-electron chi connectivity index (χ3n) is 4.48. The molecule has 9 heteroatoms. The lowest BCUT2D eigenvalue weighted by atomic mass is 10.1. The predicted octanol–water partition coefficient (Wildman–Crippen LogP) is 3.43. The molecule has 8 nitrogen and oxygen atoms in total. The minimum Gasteiger partial charge on any atom is -0.397 e. The van der Waals surface area contributed by atoms with Gasteiger partial charge in [-0.15, -0.1) is 0 Å². The molecule has 151 valence electrons. The second-order valence-electron chi connectivity index (χ2n) is 6.89. The summed E-state index contributed by atoms with van der Waals surface area (Å²) in [5, 5.41) is 3.53. The van der Waals surface area contributed by atoms with Gasteiger partial charge in [0.2, 0.25) is 0 Å². The minimum atomic E-state index is -3.33. The summed E-state index contributed by atoms with van der Waals surface area (Å²) in [5.41, 5.74) is 9.02. The number of rotatable bonds is 5. The lowest BCUT2D eigenvalue weighted by Crippen LogP contribution is -2.13. The van der Waals surface area contributed by atoms with Crippen LogP contribution in [0.5, 0.6) is 0 Å². The van der Waals surface area contributed by atoms with E-state index in [0.29, 0.717) is 34.2 Å². The highest BCUT2D eigenvalue weighted by Crippen LogP contribution is 2.26. The van der Waals surface area contributed by atoms with Gasteiger partial charge in [0.15, 0.2) is 15.6 Å². The Kier molecular flexibility index (Phi) is 5.04. The number of hydrogen-bond donors (Lipinski definition) is 1. The Balaban J connectivity index is 1.63. The molecule has 0 unspecified atom stereocenters. The van der Waals surface area contributed by atoms with Crippen LogP contribution >= 0.6 is 0 Å². The van der Waals surface area contributed by atoms with Crippen LogP contribution in [0.3, 0.4) is 0 Å². The fourth-order valence-electron chi connectivity index (χ4n) is 2.73. The van der Waals surface area contributed by atoms with Crippen LogP contribution in [-0.2, 0) is 9.84 Å². The first-order valence-electron chi connectivity index (χ1n) is 9.12. The van der Waals surface area contributed by atoms with Gasteiger partial charge in [-0.2, -0.15) is 0 Å². The van der Waals surface area contributed by atoms with Crippen LogP contribution in [-0.4, -0.2) is 33.8 Å². The zero-order chi connectivity index (χ0) is 21.3. The number of nitrogens with two attached hydrogens (primary N) is 1. The predicted molar refractivity (Wildman–Crippen MR) is 112 cm³/mol. The Morgan fingerprint density at radius 2 is 1.77 bits per heavy atom. The lowest BCUT2D eigenvalue weighted by molar-refractivity contribution is 0.433. The van der Waals surface area contributed by atoms with Crippen LogP contribution in [0.25, 0.3) is 34.1 Å². The van der Waals surface area contributed by atoms with Crippen molar-refractivity contribution in [3.63, 3.8) is 0 Å². The van der Waals surface area contributed by atoms with Crippen molar-refractivity contribution in [1.29, 1.82) is 0 Å². The van der Waals surface area contributed by atoms with Crippen LogP contribution in [0.2, 0.25) is 0 Å². The molecule has 1 aromatic carbocycles. The zero-order valence-electron chi connectivity index (χ0n) is 16.3. The number of pyridine rings is 1. The highest BCUT2D eigenvalue weighted by molar-refractivity contribution is 7.92. The maximum atomic E-state index is 12.3. The van der Waals surface area contributed by atoms with E-state index in [2.05, 4.69) is 26.3 Å². The van der Waals surface area contributed by atoms with Crippen LogP contribution in [0.1, 0.15) is 13.8 Å². The molecular formula is C21H18N5O3S. The van der Waals surface area contributed by atoms with Gasteiger partial charge in [0.25, 0.3) is 0 Å². The molecule has 4 rings (SSSR count). The monoisotopic (exact) mass is 420 g/mol. The topological polar surface area (TPSA) is 125 Å². The number of aromatic nitrogens is 4. The Hall–Kier alpha value is -3.59. The average molecular weight is 420 g/mol. The highest BCUT2D eigenvalue weighted by Gasteiger charge is 2.19. The van der Waals surface area contributed by atoms with Crippen molar-refractivity contribution in [1.82, 2.24) is 20.1 Å². The second kappa shape index (κ2) is 7.68. The van der Waals surface area contributed by atoms with E-state index < -0.39 is 15.1 Å². The molecule has 4 aromatic rings. The number of anilines is 1. The molecule has 0 saturated carbocycles. The number of sulfone groups is 1. The summed E-state index contributed by atoms with van der Waals surface area (Å²) in [7, 11) is -3.33. The van der Waals surface area contributed by atoms with E-state index >= 15 is 0 Å². The second-order valence-corrected chi connectivity index (χ2v) is 9.39. The molecule has 0 fully saturated rings. The van der Waals surface area contributed by atoms with Crippen molar-refractivity contribution in [2.45, 2.75) is 24.0 Å². The summed E-state index contributed by atoms with van der Waals surface area (Å²) < 4.78 is 30.0. The van der Waals surface area contributed by atoms with Gasteiger partial charge in [-0.25, -0.2) is 18.4 Å². The van der Waals surface area contributed by atoms with Crippen LogP contribution in [0.15, 0.2) is 64.3 Å². The maximum absolute atomic E-state index is 12.3. The van der Waals surface area contributed by atoms with Crippen LogP contribution < -0.4 is 5.73 Å².